The van der Waals surface area contributed by atoms with Gasteiger partial charge >= 0.3 is 0 Å². The molecule has 6 nitrogen and oxygen atoms in total. The number of nitrogens with one attached hydrogen (secondary N) is 2. The van der Waals surface area contributed by atoms with E-state index in [1.54, 1.807) is 23.0 Å². The molecule has 0 fully saturated rings. The monoisotopic (exact) mass is 448 g/mol. The highest BCUT2D eigenvalue weighted by atomic mass is 32.1. The zero-order valence-electron chi connectivity index (χ0n) is 18.3. The van der Waals surface area contributed by atoms with Crippen LogP contribution >= 0.6 is 12.2 Å². The average molecular weight is 449 g/mol. The Labute approximate surface area is 192 Å². The summed E-state index contributed by atoms with van der Waals surface area (Å²) < 4.78 is 16.8. The first-order chi connectivity index (χ1) is 15.4. The normalized spacial score (nSPS) is 10.9. The molecule has 0 atom stereocenters. The number of hydrogen-bond acceptors (Lipinski definition) is 3. The highest BCUT2D eigenvalue weighted by Gasteiger charge is 2.13. The Hall–Kier alpha value is -3.52. The lowest BCUT2D eigenvalue weighted by atomic mass is 10.1. The first-order valence-electron chi connectivity index (χ1n) is 10.3. The number of nitrogens with zero attached hydrogens (tertiary/aromatic N) is 4. The van der Waals surface area contributed by atoms with Gasteiger partial charge in [0.15, 0.2) is 5.11 Å². The van der Waals surface area contributed by atoms with Crippen molar-refractivity contribution in [2.45, 2.75) is 33.9 Å². The molecule has 0 aliphatic heterocycles. The summed E-state index contributed by atoms with van der Waals surface area (Å²) in [7, 11) is 0. The maximum Gasteiger partial charge on any atom is 0.175 e. The molecule has 32 heavy (non-hydrogen) atoms. The number of aryl methyl sites for hydroxylation is 2. The maximum atomic E-state index is 13.1. The van der Waals surface area contributed by atoms with Crippen LogP contribution in [0.5, 0.6) is 0 Å². The van der Waals surface area contributed by atoms with Crippen molar-refractivity contribution < 1.29 is 4.39 Å². The second kappa shape index (κ2) is 9.32. The van der Waals surface area contributed by atoms with Crippen molar-refractivity contribution in [1.82, 2.24) is 19.6 Å². The van der Waals surface area contributed by atoms with Gasteiger partial charge in [-0.15, -0.1) is 0 Å². The molecule has 0 unspecified atom stereocenters. The average Bonchev–Trinajstić information content (AvgIpc) is 3.29. The molecule has 2 heterocycles. The standard InChI is InChI=1S/C24H25FN6S/c1-16-5-4-6-20(11-16)14-31-18(3)23(17(2)29-31)28-24(32)27-22-12-26-30(15-22)13-19-7-9-21(25)10-8-19/h4-12,15H,13-14H2,1-3H3,(H2,27,28,32). The Morgan fingerprint density at radius 1 is 1.00 bits per heavy atom. The first kappa shape index (κ1) is 21.7. The summed E-state index contributed by atoms with van der Waals surface area (Å²) in [6.45, 7) is 7.33. The van der Waals surface area contributed by atoms with Crippen molar-refractivity contribution in [2.75, 3.05) is 10.6 Å². The minimum absolute atomic E-state index is 0.249. The number of rotatable bonds is 6. The predicted molar refractivity (Wildman–Crippen MR) is 130 cm³/mol. The Balaban J connectivity index is 1.39. The van der Waals surface area contributed by atoms with E-state index in [1.807, 2.05) is 24.7 Å². The number of halogens is 1. The number of benzene rings is 2. The first-order valence-corrected chi connectivity index (χ1v) is 10.7. The minimum atomic E-state index is -0.249. The molecule has 164 valence electrons. The smallest absolute Gasteiger partial charge is 0.175 e. The van der Waals surface area contributed by atoms with E-state index in [1.165, 1.54) is 23.3 Å². The summed E-state index contributed by atoms with van der Waals surface area (Å²) in [6.07, 6.45) is 3.57. The molecule has 4 aromatic rings. The second-order valence-electron chi connectivity index (χ2n) is 7.82. The van der Waals surface area contributed by atoms with E-state index in [2.05, 4.69) is 52.0 Å². The number of anilines is 2. The van der Waals surface area contributed by atoms with E-state index in [0.717, 1.165) is 28.3 Å². The summed E-state index contributed by atoms with van der Waals surface area (Å²) in [5, 5.41) is 15.9. The van der Waals surface area contributed by atoms with Gasteiger partial charge in [-0.05, 0) is 56.2 Å². The van der Waals surface area contributed by atoms with E-state index in [9.17, 15) is 4.39 Å². The molecule has 0 bridgehead atoms. The molecular formula is C24H25FN6S. The van der Waals surface area contributed by atoms with Crippen molar-refractivity contribution in [3.8, 4) is 0 Å². The van der Waals surface area contributed by atoms with E-state index >= 15 is 0 Å². The third-order valence-corrected chi connectivity index (χ3v) is 5.39. The molecule has 2 aromatic carbocycles. The van der Waals surface area contributed by atoms with E-state index in [-0.39, 0.29) is 5.82 Å². The van der Waals surface area contributed by atoms with Gasteiger partial charge in [-0.3, -0.25) is 9.36 Å². The Bertz CT molecular complexity index is 1240. The van der Waals surface area contributed by atoms with Crippen LogP contribution in [0.4, 0.5) is 15.8 Å². The Morgan fingerprint density at radius 3 is 2.53 bits per heavy atom. The summed E-state index contributed by atoms with van der Waals surface area (Å²) in [5.41, 5.74) is 6.96. The summed E-state index contributed by atoms with van der Waals surface area (Å²) in [4.78, 5) is 0. The predicted octanol–water partition coefficient (Wildman–Crippen LogP) is 5.05. The quantitative estimate of drug-likeness (QED) is 0.404. The molecule has 0 aliphatic carbocycles. The fraction of sp³-hybridized carbons (Fsp3) is 0.208. The fourth-order valence-electron chi connectivity index (χ4n) is 3.58. The topological polar surface area (TPSA) is 59.7 Å². The van der Waals surface area contributed by atoms with Gasteiger partial charge in [0.05, 0.1) is 42.0 Å². The summed E-state index contributed by atoms with van der Waals surface area (Å²) in [5.74, 6) is -0.249. The molecular weight excluding hydrogens is 423 g/mol. The van der Waals surface area contributed by atoms with E-state index in [0.29, 0.717) is 18.2 Å². The van der Waals surface area contributed by atoms with Gasteiger partial charge in [-0.1, -0.05) is 42.0 Å². The Kier molecular flexibility index (Phi) is 6.32. The van der Waals surface area contributed by atoms with Crippen molar-refractivity contribution in [2.24, 2.45) is 0 Å². The maximum absolute atomic E-state index is 13.1. The van der Waals surface area contributed by atoms with Crippen molar-refractivity contribution in [1.29, 1.82) is 0 Å². The van der Waals surface area contributed by atoms with Crippen LogP contribution in [0.1, 0.15) is 28.1 Å². The Morgan fingerprint density at radius 2 is 1.78 bits per heavy atom. The van der Waals surface area contributed by atoms with Gasteiger partial charge in [0.1, 0.15) is 5.82 Å². The molecule has 4 rings (SSSR count). The van der Waals surface area contributed by atoms with E-state index in [4.69, 9.17) is 12.2 Å². The molecule has 0 radical (unpaired) electrons. The van der Waals surface area contributed by atoms with Crippen LogP contribution in [0.15, 0.2) is 60.9 Å². The van der Waals surface area contributed by atoms with Crippen molar-refractivity contribution in [3.05, 3.63) is 94.8 Å². The van der Waals surface area contributed by atoms with E-state index < -0.39 is 0 Å². The second-order valence-corrected chi connectivity index (χ2v) is 8.23. The summed E-state index contributed by atoms with van der Waals surface area (Å²) >= 11 is 5.51. The van der Waals surface area contributed by atoms with Crippen molar-refractivity contribution >= 4 is 28.7 Å². The molecule has 2 N–H and O–H groups in total. The molecule has 2 aromatic heterocycles. The number of aromatic nitrogens is 4. The zero-order chi connectivity index (χ0) is 22.7. The molecule has 0 saturated heterocycles. The lowest BCUT2D eigenvalue weighted by Gasteiger charge is -2.10. The fourth-order valence-corrected chi connectivity index (χ4v) is 3.80. The van der Waals surface area contributed by atoms with Gasteiger partial charge in [-0.25, -0.2) is 4.39 Å². The van der Waals surface area contributed by atoms with Gasteiger partial charge in [0.25, 0.3) is 0 Å². The van der Waals surface area contributed by atoms with Gasteiger partial charge in [-0.2, -0.15) is 10.2 Å². The highest BCUT2D eigenvalue weighted by molar-refractivity contribution is 7.80. The summed E-state index contributed by atoms with van der Waals surface area (Å²) in [6, 6.07) is 14.8. The minimum Gasteiger partial charge on any atom is -0.330 e. The molecule has 0 saturated carbocycles. The third kappa shape index (κ3) is 5.20. The molecule has 8 heteroatoms. The largest absolute Gasteiger partial charge is 0.330 e. The highest BCUT2D eigenvalue weighted by Crippen LogP contribution is 2.21. The molecule has 0 spiro atoms. The lowest BCUT2D eigenvalue weighted by molar-refractivity contribution is 0.624. The van der Waals surface area contributed by atoms with Crippen molar-refractivity contribution in [3.63, 3.8) is 0 Å². The van der Waals surface area contributed by atoms with Crippen LogP contribution in [0.25, 0.3) is 0 Å². The van der Waals surface area contributed by atoms with Crippen LogP contribution in [0.3, 0.4) is 0 Å². The van der Waals surface area contributed by atoms with Crippen LogP contribution in [-0.2, 0) is 13.1 Å². The van der Waals surface area contributed by atoms with Crippen LogP contribution in [0.2, 0.25) is 0 Å². The van der Waals surface area contributed by atoms with Crippen LogP contribution in [-0.4, -0.2) is 24.7 Å². The number of thiocarbonyl (C=S) groups is 1. The van der Waals surface area contributed by atoms with Crippen LogP contribution < -0.4 is 10.6 Å². The number of hydrogen-bond donors (Lipinski definition) is 2. The molecule has 0 amide bonds. The van der Waals surface area contributed by atoms with Gasteiger partial charge in [0, 0.05) is 6.20 Å². The lowest BCUT2D eigenvalue weighted by Crippen LogP contribution is -2.19. The van der Waals surface area contributed by atoms with Gasteiger partial charge < -0.3 is 10.6 Å². The zero-order valence-corrected chi connectivity index (χ0v) is 19.1. The SMILES string of the molecule is Cc1cccc(Cn2nc(C)c(NC(=S)Nc3cnn(Cc4ccc(F)cc4)c3)c2C)c1. The van der Waals surface area contributed by atoms with Gasteiger partial charge in [0.2, 0.25) is 0 Å². The molecule has 0 aliphatic rings. The third-order valence-electron chi connectivity index (χ3n) is 5.18. The van der Waals surface area contributed by atoms with Crippen LogP contribution in [0, 0.1) is 26.6 Å².